The molecule has 1 aliphatic carbocycles. The van der Waals surface area contributed by atoms with Crippen LogP contribution in [0.25, 0.3) is 0 Å². The van der Waals surface area contributed by atoms with Gasteiger partial charge in [-0.15, -0.1) is 0 Å². The van der Waals surface area contributed by atoms with Crippen molar-refractivity contribution < 1.29 is 17.5 Å². The fourth-order valence-electron chi connectivity index (χ4n) is 3.84. The van der Waals surface area contributed by atoms with E-state index in [1.807, 2.05) is 17.8 Å². The minimum Gasteiger partial charge on any atom is -0.488 e. The summed E-state index contributed by atoms with van der Waals surface area (Å²) in [5.41, 5.74) is 1.04. The summed E-state index contributed by atoms with van der Waals surface area (Å²) in [4.78, 5) is 6.91. The molecule has 0 saturated heterocycles. The molecule has 1 N–H and O–H groups in total. The number of benzene rings is 1. The second-order valence-electron chi connectivity index (χ2n) is 7.34. The molecule has 11 heteroatoms. The number of rotatable bonds is 6. The van der Waals surface area contributed by atoms with Gasteiger partial charge in [0.15, 0.2) is 0 Å². The van der Waals surface area contributed by atoms with E-state index in [0.29, 0.717) is 0 Å². The van der Waals surface area contributed by atoms with Crippen LogP contribution in [0.1, 0.15) is 37.3 Å². The van der Waals surface area contributed by atoms with Gasteiger partial charge in [-0.3, -0.25) is 9.40 Å². The molecule has 2 unspecified atom stereocenters. The lowest BCUT2D eigenvalue weighted by Gasteiger charge is -2.32. The first-order valence-corrected chi connectivity index (χ1v) is 11.6. The molecule has 1 saturated carbocycles. The summed E-state index contributed by atoms with van der Waals surface area (Å²) in [5, 5.41) is 4.24. The molecular weight excluding hydrogens is 445 g/mol. The summed E-state index contributed by atoms with van der Waals surface area (Å²) in [6.45, 7) is 0. The third kappa shape index (κ3) is 4.64. The number of halogens is 2. The summed E-state index contributed by atoms with van der Waals surface area (Å²) < 4.78 is 50.1. The average molecular weight is 466 g/mol. The van der Waals surface area contributed by atoms with Crippen molar-refractivity contribution in [1.82, 2.24) is 19.7 Å². The van der Waals surface area contributed by atoms with E-state index in [-0.39, 0.29) is 28.6 Å². The fraction of sp³-hybridized carbons (Fsp3) is 0.350. The molecule has 0 bridgehead atoms. The summed E-state index contributed by atoms with van der Waals surface area (Å²) in [6, 6.07) is 5.38. The molecule has 0 radical (unpaired) electrons. The van der Waals surface area contributed by atoms with Crippen molar-refractivity contribution in [2.24, 2.45) is 7.05 Å². The molecule has 0 spiro atoms. The topological polar surface area (TPSA) is 99.0 Å². The van der Waals surface area contributed by atoms with E-state index in [0.717, 1.165) is 43.5 Å². The van der Waals surface area contributed by atoms with Crippen molar-refractivity contribution in [3.05, 3.63) is 59.5 Å². The smallest absolute Gasteiger partial charge is 0.266 e. The summed E-state index contributed by atoms with van der Waals surface area (Å²) in [6.07, 6.45) is 7.80. The molecule has 1 aromatic carbocycles. The molecule has 2 atom stereocenters. The standard InChI is InChI=1S/C20H21ClFN5O3S/c1-27-16(6-9-25-27)13-4-2-3-5-17(13)30-18-11-15(22)19(10-14(18)21)31(28,29)26-20-7-8-23-12-24-20/h6-13,17H,2-5H2,1H3,(H,23,24,26). The van der Waals surface area contributed by atoms with Crippen LogP contribution in [-0.2, 0) is 17.1 Å². The quantitative estimate of drug-likeness (QED) is 0.592. The maximum Gasteiger partial charge on any atom is 0.266 e. The highest BCUT2D eigenvalue weighted by atomic mass is 35.5. The van der Waals surface area contributed by atoms with E-state index in [9.17, 15) is 12.8 Å². The SMILES string of the molecule is Cn1nccc1C1CCCCC1Oc1cc(F)c(S(=O)(=O)Nc2ccncn2)cc1Cl. The molecule has 31 heavy (non-hydrogen) atoms. The van der Waals surface area contributed by atoms with Crippen LogP contribution in [0.15, 0.2) is 47.9 Å². The Morgan fingerprint density at radius 1 is 1.23 bits per heavy atom. The molecule has 2 aromatic heterocycles. The van der Waals surface area contributed by atoms with Crippen LogP contribution in [0.4, 0.5) is 10.2 Å². The van der Waals surface area contributed by atoms with Crippen molar-refractivity contribution in [1.29, 1.82) is 0 Å². The largest absolute Gasteiger partial charge is 0.488 e. The van der Waals surface area contributed by atoms with Crippen LogP contribution in [-0.4, -0.2) is 34.3 Å². The van der Waals surface area contributed by atoms with Gasteiger partial charge in [-0.25, -0.2) is 22.8 Å². The molecule has 1 aliphatic rings. The van der Waals surface area contributed by atoms with Crippen LogP contribution >= 0.6 is 11.6 Å². The van der Waals surface area contributed by atoms with E-state index in [2.05, 4.69) is 19.8 Å². The van der Waals surface area contributed by atoms with Gasteiger partial charge in [0.25, 0.3) is 10.0 Å². The van der Waals surface area contributed by atoms with E-state index >= 15 is 0 Å². The van der Waals surface area contributed by atoms with Crippen LogP contribution in [0, 0.1) is 5.82 Å². The van der Waals surface area contributed by atoms with Gasteiger partial charge in [0, 0.05) is 37.1 Å². The number of aryl methyl sites for hydroxylation is 1. The number of nitrogens with one attached hydrogen (secondary N) is 1. The Morgan fingerprint density at radius 3 is 2.74 bits per heavy atom. The molecule has 3 aromatic rings. The second kappa shape index (κ2) is 8.80. The van der Waals surface area contributed by atoms with Gasteiger partial charge >= 0.3 is 0 Å². The Balaban J connectivity index is 1.59. The third-order valence-corrected chi connectivity index (χ3v) is 6.98. The Kier molecular flexibility index (Phi) is 6.10. The lowest BCUT2D eigenvalue weighted by Crippen LogP contribution is -2.30. The van der Waals surface area contributed by atoms with Gasteiger partial charge in [-0.2, -0.15) is 5.10 Å². The molecule has 2 heterocycles. The number of aromatic nitrogens is 4. The number of hydrogen-bond acceptors (Lipinski definition) is 6. The highest BCUT2D eigenvalue weighted by Crippen LogP contribution is 2.38. The predicted octanol–water partition coefficient (Wildman–Crippen LogP) is 3.91. The normalized spacial score (nSPS) is 19.2. The number of ether oxygens (including phenoxy) is 1. The summed E-state index contributed by atoms with van der Waals surface area (Å²) in [5.74, 6) is -0.747. The highest BCUT2D eigenvalue weighted by Gasteiger charge is 2.31. The molecular formula is C20H21ClFN5O3S. The molecule has 1 fully saturated rings. The van der Waals surface area contributed by atoms with Gasteiger partial charge in [0.05, 0.1) is 5.02 Å². The molecule has 0 amide bonds. The first-order chi connectivity index (χ1) is 14.8. The second-order valence-corrected chi connectivity index (χ2v) is 9.40. The van der Waals surface area contributed by atoms with Gasteiger partial charge in [-0.05, 0) is 37.5 Å². The molecule has 164 valence electrons. The Hall–Kier alpha value is -2.72. The lowest BCUT2D eigenvalue weighted by molar-refractivity contribution is 0.126. The first-order valence-electron chi connectivity index (χ1n) is 9.77. The fourth-order valence-corrected chi connectivity index (χ4v) is 5.21. The van der Waals surface area contributed by atoms with Crippen LogP contribution in [0.5, 0.6) is 5.75 Å². The predicted molar refractivity (Wildman–Crippen MR) is 113 cm³/mol. The van der Waals surface area contributed by atoms with Crippen molar-refractivity contribution in [2.75, 3.05) is 4.72 Å². The van der Waals surface area contributed by atoms with Crippen LogP contribution in [0.2, 0.25) is 5.02 Å². The molecule has 8 nitrogen and oxygen atoms in total. The zero-order valence-electron chi connectivity index (χ0n) is 16.7. The maximum atomic E-state index is 14.8. The number of anilines is 1. The Morgan fingerprint density at radius 2 is 2.03 bits per heavy atom. The molecule has 0 aliphatic heterocycles. The maximum absolute atomic E-state index is 14.8. The molecule has 4 rings (SSSR count). The average Bonchev–Trinajstić information content (AvgIpc) is 3.17. The number of nitrogens with zero attached hydrogens (tertiary/aromatic N) is 4. The van der Waals surface area contributed by atoms with Crippen molar-refractivity contribution in [2.45, 2.75) is 42.6 Å². The Bertz CT molecular complexity index is 1170. The van der Waals surface area contributed by atoms with Crippen molar-refractivity contribution in [3.63, 3.8) is 0 Å². The minimum atomic E-state index is -4.24. The van der Waals surface area contributed by atoms with Gasteiger partial charge in [-0.1, -0.05) is 18.0 Å². The van der Waals surface area contributed by atoms with E-state index in [4.69, 9.17) is 16.3 Å². The van der Waals surface area contributed by atoms with Gasteiger partial charge < -0.3 is 4.74 Å². The zero-order valence-corrected chi connectivity index (χ0v) is 18.3. The monoisotopic (exact) mass is 465 g/mol. The Labute approximate surface area is 184 Å². The third-order valence-electron chi connectivity index (χ3n) is 5.32. The summed E-state index contributed by atoms with van der Waals surface area (Å²) in [7, 11) is -2.36. The number of hydrogen-bond donors (Lipinski definition) is 1. The van der Waals surface area contributed by atoms with E-state index in [1.165, 1.54) is 18.6 Å². The summed E-state index contributed by atoms with van der Waals surface area (Å²) >= 11 is 6.31. The van der Waals surface area contributed by atoms with Crippen molar-refractivity contribution >= 4 is 27.4 Å². The van der Waals surface area contributed by atoms with Crippen LogP contribution < -0.4 is 9.46 Å². The minimum absolute atomic E-state index is 0.0128. The van der Waals surface area contributed by atoms with E-state index in [1.54, 1.807) is 6.20 Å². The van der Waals surface area contributed by atoms with Crippen LogP contribution in [0.3, 0.4) is 0 Å². The van der Waals surface area contributed by atoms with Crippen molar-refractivity contribution in [3.8, 4) is 5.75 Å². The zero-order chi connectivity index (χ0) is 22.0. The highest BCUT2D eigenvalue weighted by molar-refractivity contribution is 7.92. The number of sulfonamides is 1. The lowest BCUT2D eigenvalue weighted by atomic mass is 9.84. The first kappa shape index (κ1) is 21.5. The van der Waals surface area contributed by atoms with E-state index < -0.39 is 20.7 Å². The van der Waals surface area contributed by atoms with Gasteiger partial charge in [0.2, 0.25) is 0 Å². The van der Waals surface area contributed by atoms with Gasteiger partial charge in [0.1, 0.15) is 34.7 Å².